The Labute approximate surface area is 84.4 Å². The summed E-state index contributed by atoms with van der Waals surface area (Å²) in [5.74, 6) is -0.116. The van der Waals surface area contributed by atoms with Gasteiger partial charge in [0.15, 0.2) is 0 Å². The Bertz CT molecular complexity index is 245. The molecule has 2 heterocycles. The SMILES string of the molecule is CC(C)(C)OC(=O)C1CC2(CNC2)N1. The Morgan fingerprint density at radius 2 is 2.00 bits per heavy atom. The van der Waals surface area contributed by atoms with E-state index in [4.69, 9.17) is 4.74 Å². The van der Waals surface area contributed by atoms with Crippen LogP contribution in [-0.2, 0) is 9.53 Å². The fourth-order valence-corrected chi connectivity index (χ4v) is 1.93. The fourth-order valence-electron chi connectivity index (χ4n) is 1.93. The molecule has 1 spiro atoms. The molecule has 0 aromatic rings. The van der Waals surface area contributed by atoms with Gasteiger partial charge in [-0.2, -0.15) is 0 Å². The lowest BCUT2D eigenvalue weighted by molar-refractivity contribution is -0.163. The van der Waals surface area contributed by atoms with Crippen molar-refractivity contribution in [1.82, 2.24) is 10.6 Å². The third-order valence-electron chi connectivity index (χ3n) is 2.69. The number of esters is 1. The lowest BCUT2D eigenvalue weighted by atomic mass is 9.77. The van der Waals surface area contributed by atoms with Gasteiger partial charge in [0.1, 0.15) is 11.6 Å². The molecule has 0 bridgehead atoms. The Kier molecular flexibility index (Phi) is 2.08. The Hall–Kier alpha value is -0.610. The summed E-state index contributed by atoms with van der Waals surface area (Å²) < 4.78 is 5.28. The van der Waals surface area contributed by atoms with E-state index < -0.39 is 0 Å². The summed E-state index contributed by atoms with van der Waals surface area (Å²) in [5.41, 5.74) is -0.166. The van der Waals surface area contributed by atoms with Crippen molar-refractivity contribution in [3.8, 4) is 0 Å². The summed E-state index contributed by atoms with van der Waals surface area (Å²) in [6.45, 7) is 7.64. The maximum atomic E-state index is 11.6. The number of nitrogens with one attached hydrogen (secondary N) is 2. The molecule has 80 valence electrons. The van der Waals surface area contributed by atoms with Crippen molar-refractivity contribution in [3.05, 3.63) is 0 Å². The summed E-state index contributed by atoms with van der Waals surface area (Å²) in [6.07, 6.45) is 0.912. The van der Waals surface area contributed by atoms with Gasteiger partial charge < -0.3 is 10.1 Å². The smallest absolute Gasteiger partial charge is 0.323 e. The lowest BCUT2D eigenvalue weighted by Gasteiger charge is -2.54. The Morgan fingerprint density at radius 3 is 2.36 bits per heavy atom. The van der Waals surface area contributed by atoms with Gasteiger partial charge in [-0.05, 0) is 27.2 Å². The highest BCUT2D eigenvalue weighted by atomic mass is 16.6. The molecule has 2 fully saturated rings. The molecule has 2 N–H and O–H groups in total. The monoisotopic (exact) mass is 198 g/mol. The molecule has 0 saturated carbocycles. The van der Waals surface area contributed by atoms with E-state index in [1.165, 1.54) is 0 Å². The van der Waals surface area contributed by atoms with E-state index in [1.54, 1.807) is 0 Å². The molecule has 1 unspecified atom stereocenters. The molecule has 2 saturated heterocycles. The van der Waals surface area contributed by atoms with E-state index >= 15 is 0 Å². The highest BCUT2D eigenvalue weighted by Crippen LogP contribution is 2.29. The lowest BCUT2D eigenvalue weighted by Crippen LogP contribution is -2.79. The van der Waals surface area contributed by atoms with Gasteiger partial charge in [0.2, 0.25) is 0 Å². The van der Waals surface area contributed by atoms with Gasteiger partial charge in [-0.3, -0.25) is 10.1 Å². The van der Waals surface area contributed by atoms with Crippen molar-refractivity contribution >= 4 is 5.97 Å². The minimum Gasteiger partial charge on any atom is -0.459 e. The molecule has 0 amide bonds. The summed E-state index contributed by atoms with van der Waals surface area (Å²) >= 11 is 0. The first-order chi connectivity index (χ1) is 6.40. The van der Waals surface area contributed by atoms with Gasteiger partial charge in [0, 0.05) is 18.6 Å². The predicted octanol–water partition coefficient (Wildman–Crippen LogP) is 0.0320. The number of ether oxygens (including phenoxy) is 1. The van der Waals surface area contributed by atoms with E-state index in [0.29, 0.717) is 0 Å². The molecule has 4 nitrogen and oxygen atoms in total. The van der Waals surface area contributed by atoms with E-state index in [-0.39, 0.29) is 23.2 Å². The quantitative estimate of drug-likeness (QED) is 0.584. The van der Waals surface area contributed by atoms with Crippen molar-refractivity contribution in [2.75, 3.05) is 13.1 Å². The Balaban J connectivity index is 1.79. The standard InChI is InChI=1S/C10H18N2O2/c1-9(2,3)14-8(13)7-4-10(12-7)5-11-6-10/h7,11-12H,4-6H2,1-3H3. The second kappa shape index (κ2) is 2.94. The van der Waals surface area contributed by atoms with Crippen LogP contribution in [0.3, 0.4) is 0 Å². The predicted molar refractivity (Wildman–Crippen MR) is 53.0 cm³/mol. The van der Waals surface area contributed by atoms with Crippen LogP contribution in [0, 0.1) is 0 Å². The molecule has 2 aliphatic rings. The zero-order valence-corrected chi connectivity index (χ0v) is 9.02. The number of carbonyl (C=O) groups excluding carboxylic acids is 1. The van der Waals surface area contributed by atoms with Crippen LogP contribution < -0.4 is 10.6 Å². The molecule has 0 radical (unpaired) electrons. The molecular formula is C10H18N2O2. The van der Waals surface area contributed by atoms with Crippen molar-refractivity contribution in [2.45, 2.75) is 44.4 Å². The maximum absolute atomic E-state index is 11.6. The third kappa shape index (κ3) is 1.77. The van der Waals surface area contributed by atoms with Gasteiger partial charge in [-0.1, -0.05) is 0 Å². The number of hydrogen-bond donors (Lipinski definition) is 2. The summed E-state index contributed by atoms with van der Waals surface area (Å²) in [6, 6.07) is -0.0867. The zero-order chi connectivity index (χ0) is 10.4. The van der Waals surface area contributed by atoms with Crippen molar-refractivity contribution in [1.29, 1.82) is 0 Å². The third-order valence-corrected chi connectivity index (χ3v) is 2.69. The minimum atomic E-state index is -0.376. The van der Waals surface area contributed by atoms with Gasteiger partial charge in [-0.15, -0.1) is 0 Å². The molecule has 14 heavy (non-hydrogen) atoms. The van der Waals surface area contributed by atoms with E-state index in [1.807, 2.05) is 20.8 Å². The van der Waals surface area contributed by atoms with Crippen molar-refractivity contribution in [3.63, 3.8) is 0 Å². The summed E-state index contributed by atoms with van der Waals surface area (Å²) in [7, 11) is 0. The van der Waals surface area contributed by atoms with Crippen LogP contribution in [0.4, 0.5) is 0 Å². The largest absolute Gasteiger partial charge is 0.459 e. The van der Waals surface area contributed by atoms with Crippen LogP contribution in [0.1, 0.15) is 27.2 Å². The van der Waals surface area contributed by atoms with Crippen LogP contribution in [0.25, 0.3) is 0 Å². The number of rotatable bonds is 1. The first kappa shape index (κ1) is 9.93. The first-order valence-corrected chi connectivity index (χ1v) is 5.12. The summed E-state index contributed by atoms with van der Waals surface area (Å²) in [4.78, 5) is 11.6. The van der Waals surface area contributed by atoms with Crippen molar-refractivity contribution in [2.24, 2.45) is 0 Å². The van der Waals surface area contributed by atoms with Crippen LogP contribution in [0.15, 0.2) is 0 Å². The average Bonchev–Trinajstić information content (AvgIpc) is 1.74. The second-order valence-electron chi connectivity index (χ2n) is 5.32. The number of hydrogen-bond acceptors (Lipinski definition) is 4. The van der Waals surface area contributed by atoms with Gasteiger partial charge in [-0.25, -0.2) is 0 Å². The highest BCUT2D eigenvalue weighted by molar-refractivity contribution is 5.78. The molecule has 0 aromatic carbocycles. The fraction of sp³-hybridized carbons (Fsp3) is 0.900. The molecule has 0 aromatic heterocycles. The second-order valence-corrected chi connectivity index (χ2v) is 5.32. The topological polar surface area (TPSA) is 50.4 Å². The molecular weight excluding hydrogens is 180 g/mol. The van der Waals surface area contributed by atoms with Gasteiger partial charge in [0.05, 0.1) is 0 Å². The molecule has 4 heteroatoms. The molecule has 0 aliphatic carbocycles. The van der Waals surface area contributed by atoms with E-state index in [2.05, 4.69) is 10.6 Å². The minimum absolute atomic E-state index is 0.0867. The van der Waals surface area contributed by atoms with Crippen LogP contribution >= 0.6 is 0 Å². The Morgan fingerprint density at radius 1 is 1.43 bits per heavy atom. The summed E-state index contributed by atoms with van der Waals surface area (Å²) in [5, 5.41) is 6.48. The van der Waals surface area contributed by atoms with Crippen molar-refractivity contribution < 1.29 is 9.53 Å². The van der Waals surface area contributed by atoms with E-state index in [0.717, 1.165) is 19.5 Å². The van der Waals surface area contributed by atoms with Crippen LogP contribution in [0.2, 0.25) is 0 Å². The normalized spacial score (nSPS) is 29.2. The molecule has 2 aliphatic heterocycles. The van der Waals surface area contributed by atoms with Gasteiger partial charge >= 0.3 is 5.97 Å². The van der Waals surface area contributed by atoms with Crippen LogP contribution in [-0.4, -0.2) is 36.2 Å². The molecule has 2 rings (SSSR count). The average molecular weight is 198 g/mol. The highest BCUT2D eigenvalue weighted by Gasteiger charge is 2.51. The first-order valence-electron chi connectivity index (χ1n) is 5.12. The maximum Gasteiger partial charge on any atom is 0.323 e. The number of carbonyl (C=O) groups is 1. The zero-order valence-electron chi connectivity index (χ0n) is 9.02. The molecule has 1 atom stereocenters. The van der Waals surface area contributed by atoms with Gasteiger partial charge in [0.25, 0.3) is 0 Å². The van der Waals surface area contributed by atoms with Crippen LogP contribution in [0.5, 0.6) is 0 Å². The van der Waals surface area contributed by atoms with E-state index in [9.17, 15) is 4.79 Å².